The number of aryl methyl sites for hydroxylation is 1. The minimum Gasteiger partial charge on any atom is -0.496 e. The zero-order valence-electron chi connectivity index (χ0n) is 18.4. The van der Waals surface area contributed by atoms with Crippen molar-refractivity contribution in [3.05, 3.63) is 104 Å². The summed E-state index contributed by atoms with van der Waals surface area (Å²) in [4.78, 5) is 4.48. The van der Waals surface area contributed by atoms with Gasteiger partial charge < -0.3 is 14.8 Å². The number of benzene rings is 3. The molecule has 3 heterocycles. The molecule has 0 radical (unpaired) electrons. The molecule has 2 atom stereocenters. The van der Waals surface area contributed by atoms with E-state index in [1.807, 2.05) is 41.1 Å². The summed E-state index contributed by atoms with van der Waals surface area (Å²) >= 11 is 10.0. The van der Waals surface area contributed by atoms with E-state index in [9.17, 15) is 0 Å². The summed E-state index contributed by atoms with van der Waals surface area (Å²) in [6, 6.07) is 20.0. The highest BCUT2D eigenvalue weighted by Gasteiger charge is 2.41. The van der Waals surface area contributed by atoms with Gasteiger partial charge in [0.05, 0.1) is 17.3 Å². The van der Waals surface area contributed by atoms with Crippen molar-refractivity contribution < 1.29 is 9.47 Å². The van der Waals surface area contributed by atoms with Crippen molar-refractivity contribution in [1.29, 1.82) is 0 Å². The maximum Gasteiger partial charge on any atom is 0.226 e. The van der Waals surface area contributed by atoms with Crippen LogP contribution in [0.25, 0.3) is 5.70 Å². The largest absolute Gasteiger partial charge is 0.496 e. The van der Waals surface area contributed by atoms with Gasteiger partial charge in [-0.1, -0.05) is 47.5 Å². The third-order valence-corrected chi connectivity index (χ3v) is 7.10. The van der Waals surface area contributed by atoms with E-state index in [0.717, 1.165) is 43.9 Å². The summed E-state index contributed by atoms with van der Waals surface area (Å²) in [5, 5.41) is 8.72. The molecule has 6 nitrogen and oxygen atoms in total. The van der Waals surface area contributed by atoms with Crippen molar-refractivity contribution in [2.45, 2.75) is 19.1 Å². The number of fused-ring (bicyclic) bond motifs is 3. The fraction of sp³-hybridized carbons (Fsp3) is 0.154. The molecule has 3 aromatic carbocycles. The molecule has 8 heteroatoms. The van der Waals surface area contributed by atoms with Crippen molar-refractivity contribution in [3.63, 3.8) is 0 Å². The zero-order valence-corrected chi connectivity index (χ0v) is 20.8. The topological polar surface area (TPSA) is 61.2 Å². The Balaban J connectivity index is 1.62. The molecule has 0 saturated heterocycles. The van der Waals surface area contributed by atoms with E-state index in [1.54, 1.807) is 13.4 Å². The van der Waals surface area contributed by atoms with E-state index in [1.165, 1.54) is 5.56 Å². The van der Waals surface area contributed by atoms with Crippen LogP contribution in [-0.4, -0.2) is 21.9 Å². The van der Waals surface area contributed by atoms with Gasteiger partial charge >= 0.3 is 0 Å². The molecule has 0 bridgehead atoms. The molecule has 0 saturated carbocycles. The van der Waals surface area contributed by atoms with Crippen molar-refractivity contribution in [2.75, 3.05) is 12.4 Å². The Hall–Kier alpha value is -3.29. The molecule has 34 heavy (non-hydrogen) atoms. The summed E-state index contributed by atoms with van der Waals surface area (Å²) in [6.45, 7) is 2.08. The standard InChI is InChI=1S/C26H20BrClN4O2/c1-14-3-5-15(6-4-14)24-22-23(31-26-29-13-30-32(24)26)18-12-17(28)8-10-20(18)34-25(22)16-7-9-21(33-2)19(27)11-16/h3-13,24-25H,1-2H3,(H,29,30,31)/t24-,25+/m0/s1. The Morgan fingerprint density at radius 3 is 2.62 bits per heavy atom. The third-order valence-electron chi connectivity index (χ3n) is 6.25. The third kappa shape index (κ3) is 3.38. The average molecular weight is 536 g/mol. The van der Waals surface area contributed by atoms with Crippen molar-refractivity contribution in [3.8, 4) is 11.5 Å². The normalized spacial score (nSPS) is 18.4. The number of anilines is 1. The van der Waals surface area contributed by atoms with Crippen LogP contribution in [0, 0.1) is 6.92 Å². The van der Waals surface area contributed by atoms with Crippen LogP contribution in [0.2, 0.25) is 5.02 Å². The highest BCUT2D eigenvalue weighted by Crippen LogP contribution is 2.51. The summed E-state index contributed by atoms with van der Waals surface area (Å²) in [5.41, 5.74) is 6.15. The molecule has 0 fully saturated rings. The van der Waals surface area contributed by atoms with Crippen molar-refractivity contribution in [1.82, 2.24) is 14.8 Å². The number of hydrogen-bond donors (Lipinski definition) is 1. The van der Waals surface area contributed by atoms with Crippen molar-refractivity contribution >= 4 is 39.2 Å². The lowest BCUT2D eigenvalue weighted by Gasteiger charge is -2.39. The van der Waals surface area contributed by atoms with Gasteiger partial charge in [-0.15, -0.1) is 0 Å². The molecule has 0 aliphatic carbocycles. The molecule has 0 amide bonds. The lowest BCUT2D eigenvalue weighted by atomic mass is 9.84. The van der Waals surface area contributed by atoms with E-state index < -0.39 is 0 Å². The molecule has 1 aromatic heterocycles. The summed E-state index contributed by atoms with van der Waals surface area (Å²) in [6.07, 6.45) is 1.20. The SMILES string of the molecule is COc1ccc([C@H]2Oc3ccc(Cl)cc3C3=C2[C@H](c2ccc(C)cc2)n2ncnc2N3)cc1Br. The Bertz CT molecular complexity index is 1450. The number of ether oxygens (including phenoxy) is 2. The van der Waals surface area contributed by atoms with Crippen molar-refractivity contribution in [2.24, 2.45) is 0 Å². The molecule has 0 spiro atoms. The molecule has 6 rings (SSSR count). The lowest BCUT2D eigenvalue weighted by Crippen LogP contribution is -2.32. The van der Waals surface area contributed by atoms with Crippen LogP contribution in [0.1, 0.15) is 34.4 Å². The van der Waals surface area contributed by atoms with Gasteiger partial charge in [-0.2, -0.15) is 10.1 Å². The average Bonchev–Trinajstić information content (AvgIpc) is 3.31. The van der Waals surface area contributed by atoms with E-state index in [-0.39, 0.29) is 12.1 Å². The summed E-state index contributed by atoms with van der Waals surface area (Å²) in [7, 11) is 1.65. The Morgan fingerprint density at radius 2 is 1.85 bits per heavy atom. The molecular formula is C26H20BrClN4O2. The first-order chi connectivity index (χ1) is 16.5. The van der Waals surface area contributed by atoms with Gasteiger partial charge in [0.25, 0.3) is 0 Å². The second-order valence-electron chi connectivity index (χ2n) is 8.33. The van der Waals surface area contributed by atoms with Crippen LogP contribution in [0.3, 0.4) is 0 Å². The van der Waals surface area contributed by atoms with Crippen LogP contribution < -0.4 is 14.8 Å². The first kappa shape index (κ1) is 21.3. The molecule has 0 unspecified atom stereocenters. The number of hydrogen-bond acceptors (Lipinski definition) is 5. The van der Waals surface area contributed by atoms with Gasteiger partial charge in [0.15, 0.2) is 0 Å². The Morgan fingerprint density at radius 1 is 1.06 bits per heavy atom. The second kappa shape index (κ2) is 8.18. The molecule has 4 aromatic rings. The Kier molecular flexibility index (Phi) is 5.12. The number of halogens is 2. The predicted octanol–water partition coefficient (Wildman–Crippen LogP) is 6.57. The number of methoxy groups -OCH3 is 1. The first-order valence-electron chi connectivity index (χ1n) is 10.8. The van der Waals surface area contributed by atoms with E-state index >= 15 is 0 Å². The number of aromatic nitrogens is 3. The lowest BCUT2D eigenvalue weighted by molar-refractivity contribution is 0.223. The molecule has 2 aliphatic rings. The Labute approximate surface area is 210 Å². The fourth-order valence-electron chi connectivity index (χ4n) is 4.63. The van der Waals surface area contributed by atoms with Gasteiger partial charge in [-0.3, -0.25) is 0 Å². The molecule has 1 N–H and O–H groups in total. The molecule has 170 valence electrons. The highest BCUT2D eigenvalue weighted by molar-refractivity contribution is 9.10. The number of nitrogens with zero attached hydrogens (tertiary/aromatic N) is 3. The van der Waals surface area contributed by atoms with Gasteiger partial charge in [0.2, 0.25) is 5.95 Å². The number of rotatable bonds is 3. The van der Waals surface area contributed by atoms with Gasteiger partial charge in [-0.25, -0.2) is 4.68 Å². The fourth-order valence-corrected chi connectivity index (χ4v) is 5.36. The van der Waals surface area contributed by atoms with Gasteiger partial charge in [-0.05, 0) is 64.3 Å². The minimum atomic E-state index is -0.373. The first-order valence-corrected chi connectivity index (χ1v) is 12.0. The highest BCUT2D eigenvalue weighted by atomic mass is 79.9. The maximum atomic E-state index is 6.66. The van der Waals surface area contributed by atoms with Crippen LogP contribution in [0.15, 0.2) is 77.0 Å². The second-order valence-corrected chi connectivity index (χ2v) is 9.62. The summed E-state index contributed by atoms with van der Waals surface area (Å²) in [5.74, 6) is 2.19. The smallest absolute Gasteiger partial charge is 0.226 e. The molecule has 2 aliphatic heterocycles. The maximum absolute atomic E-state index is 6.66. The number of nitrogens with one attached hydrogen (secondary N) is 1. The monoisotopic (exact) mass is 534 g/mol. The van der Waals surface area contributed by atoms with Crippen LogP contribution in [0.5, 0.6) is 11.5 Å². The quantitative estimate of drug-likeness (QED) is 0.321. The van der Waals surface area contributed by atoms with Gasteiger partial charge in [0.1, 0.15) is 30.0 Å². The van der Waals surface area contributed by atoms with E-state index in [0.29, 0.717) is 11.0 Å². The zero-order chi connectivity index (χ0) is 23.4. The van der Waals surface area contributed by atoms with Crippen LogP contribution >= 0.6 is 27.5 Å². The molecular weight excluding hydrogens is 516 g/mol. The summed E-state index contributed by atoms with van der Waals surface area (Å²) < 4.78 is 14.9. The van der Waals surface area contributed by atoms with E-state index in [2.05, 4.69) is 62.5 Å². The van der Waals surface area contributed by atoms with Gasteiger partial charge in [0, 0.05) is 16.2 Å². The minimum absolute atomic E-state index is 0.215. The van der Waals surface area contributed by atoms with Crippen LogP contribution in [-0.2, 0) is 0 Å². The van der Waals surface area contributed by atoms with Crippen LogP contribution in [0.4, 0.5) is 5.95 Å². The predicted molar refractivity (Wildman–Crippen MR) is 135 cm³/mol. The van der Waals surface area contributed by atoms with E-state index in [4.69, 9.17) is 21.1 Å².